The molecule has 0 spiro atoms. The Labute approximate surface area is 158 Å². The van der Waals surface area contributed by atoms with Gasteiger partial charge in [0.2, 0.25) is 5.91 Å². The molecule has 4 nitrogen and oxygen atoms in total. The van der Waals surface area contributed by atoms with Crippen LogP contribution in [0, 0.1) is 11.3 Å². The molecule has 132 valence electrons. The Balaban J connectivity index is 1.60. The molecular weight excluding hydrogens is 334 g/mol. The summed E-state index contributed by atoms with van der Waals surface area (Å²) >= 11 is 0. The van der Waals surface area contributed by atoms with Crippen LogP contribution in [0.1, 0.15) is 28.8 Å². The van der Waals surface area contributed by atoms with Gasteiger partial charge in [0.15, 0.2) is 0 Å². The first-order valence-corrected chi connectivity index (χ1v) is 8.71. The maximum atomic E-state index is 12.3. The highest BCUT2D eigenvalue weighted by atomic mass is 16.1. The van der Waals surface area contributed by atoms with E-state index in [-0.39, 0.29) is 5.91 Å². The van der Waals surface area contributed by atoms with Crippen molar-refractivity contribution in [1.29, 1.82) is 5.26 Å². The molecule has 3 aromatic rings. The van der Waals surface area contributed by atoms with Gasteiger partial charge < -0.3 is 5.32 Å². The van der Waals surface area contributed by atoms with Crippen LogP contribution in [0.5, 0.6) is 0 Å². The van der Waals surface area contributed by atoms with Crippen LogP contribution >= 0.6 is 0 Å². The number of hydrogen-bond donors (Lipinski definition) is 1. The highest BCUT2D eigenvalue weighted by Crippen LogP contribution is 2.15. The zero-order valence-corrected chi connectivity index (χ0v) is 14.8. The van der Waals surface area contributed by atoms with Crippen molar-refractivity contribution in [3.05, 3.63) is 95.3 Å². The monoisotopic (exact) mass is 353 g/mol. The van der Waals surface area contributed by atoms with Crippen LogP contribution in [0.15, 0.2) is 72.9 Å². The SMILES string of the molecule is N#Cc1ccccc1CCC(=O)Nc1cccc(/C=C/c2ccccn2)c1. The number of rotatable bonds is 6. The quantitative estimate of drug-likeness (QED) is 0.699. The van der Waals surface area contributed by atoms with E-state index < -0.39 is 0 Å². The summed E-state index contributed by atoms with van der Waals surface area (Å²) in [5.74, 6) is -0.0754. The lowest BCUT2D eigenvalue weighted by Crippen LogP contribution is -2.12. The number of amides is 1. The number of pyridine rings is 1. The first-order valence-electron chi connectivity index (χ1n) is 8.71. The van der Waals surface area contributed by atoms with Crippen LogP contribution in [0.3, 0.4) is 0 Å². The van der Waals surface area contributed by atoms with Gasteiger partial charge in [-0.1, -0.05) is 42.5 Å². The summed E-state index contributed by atoms with van der Waals surface area (Å²) < 4.78 is 0. The molecule has 0 aliphatic rings. The third-order valence-electron chi connectivity index (χ3n) is 4.06. The molecule has 0 bridgehead atoms. The van der Waals surface area contributed by atoms with Crippen molar-refractivity contribution in [3.63, 3.8) is 0 Å². The van der Waals surface area contributed by atoms with E-state index in [2.05, 4.69) is 16.4 Å². The van der Waals surface area contributed by atoms with Gasteiger partial charge in [0.25, 0.3) is 0 Å². The van der Waals surface area contributed by atoms with Gasteiger partial charge >= 0.3 is 0 Å². The topological polar surface area (TPSA) is 65.8 Å². The molecule has 1 N–H and O–H groups in total. The Morgan fingerprint density at radius 3 is 2.70 bits per heavy atom. The van der Waals surface area contributed by atoms with E-state index in [4.69, 9.17) is 5.26 Å². The highest BCUT2D eigenvalue weighted by molar-refractivity contribution is 5.91. The zero-order chi connectivity index (χ0) is 18.9. The molecule has 0 aliphatic heterocycles. The minimum absolute atomic E-state index is 0.0754. The van der Waals surface area contributed by atoms with Crippen LogP contribution in [0.4, 0.5) is 5.69 Å². The predicted octanol–water partition coefficient (Wildman–Crippen LogP) is 4.69. The van der Waals surface area contributed by atoms with Crippen LogP contribution < -0.4 is 5.32 Å². The van der Waals surface area contributed by atoms with E-state index in [1.54, 1.807) is 12.3 Å². The van der Waals surface area contributed by atoms with E-state index in [0.29, 0.717) is 18.4 Å². The Hall–Kier alpha value is -3.71. The summed E-state index contributed by atoms with van der Waals surface area (Å²) in [6.07, 6.45) is 6.50. The van der Waals surface area contributed by atoms with Crippen LogP contribution in [0.2, 0.25) is 0 Å². The molecule has 1 heterocycles. The lowest BCUT2D eigenvalue weighted by atomic mass is 10.0. The van der Waals surface area contributed by atoms with Gasteiger partial charge in [-0.15, -0.1) is 0 Å². The number of hydrogen-bond acceptors (Lipinski definition) is 3. The Morgan fingerprint density at radius 1 is 1.04 bits per heavy atom. The third kappa shape index (κ3) is 5.38. The lowest BCUT2D eigenvalue weighted by molar-refractivity contribution is -0.116. The van der Waals surface area contributed by atoms with Crippen LogP contribution in [0.25, 0.3) is 12.2 Å². The van der Waals surface area contributed by atoms with E-state index in [9.17, 15) is 4.79 Å². The average molecular weight is 353 g/mol. The summed E-state index contributed by atoms with van der Waals surface area (Å²) in [4.78, 5) is 16.5. The molecule has 2 aromatic carbocycles. The van der Waals surface area contributed by atoms with Crippen LogP contribution in [-0.4, -0.2) is 10.9 Å². The minimum atomic E-state index is -0.0754. The van der Waals surface area contributed by atoms with Gasteiger partial charge in [-0.3, -0.25) is 9.78 Å². The second kappa shape index (κ2) is 9.12. The number of carbonyl (C=O) groups is 1. The second-order valence-corrected chi connectivity index (χ2v) is 6.03. The number of nitrogens with one attached hydrogen (secondary N) is 1. The van der Waals surface area contributed by atoms with E-state index >= 15 is 0 Å². The first kappa shape index (κ1) is 18.1. The molecule has 1 amide bonds. The summed E-state index contributed by atoms with van der Waals surface area (Å²) in [5, 5.41) is 12.0. The van der Waals surface area contributed by atoms with Crippen molar-refractivity contribution in [2.75, 3.05) is 5.32 Å². The number of anilines is 1. The number of aromatic nitrogens is 1. The number of carbonyl (C=O) groups excluding carboxylic acids is 1. The normalized spacial score (nSPS) is 10.5. The largest absolute Gasteiger partial charge is 0.326 e. The number of benzene rings is 2. The first-order chi connectivity index (χ1) is 13.2. The van der Waals surface area contributed by atoms with Crippen LogP contribution in [-0.2, 0) is 11.2 Å². The predicted molar refractivity (Wildman–Crippen MR) is 108 cm³/mol. The Bertz CT molecular complexity index is 988. The molecule has 3 rings (SSSR count). The minimum Gasteiger partial charge on any atom is -0.326 e. The Kier molecular flexibility index (Phi) is 6.11. The molecule has 4 heteroatoms. The summed E-state index contributed by atoms with van der Waals surface area (Å²) in [7, 11) is 0. The Morgan fingerprint density at radius 2 is 1.89 bits per heavy atom. The molecule has 1 aromatic heterocycles. The molecule has 0 saturated heterocycles. The zero-order valence-electron chi connectivity index (χ0n) is 14.8. The fraction of sp³-hybridized carbons (Fsp3) is 0.0870. The van der Waals surface area contributed by atoms with Gasteiger partial charge in [-0.05, 0) is 54.0 Å². The smallest absolute Gasteiger partial charge is 0.224 e. The maximum Gasteiger partial charge on any atom is 0.224 e. The molecule has 0 radical (unpaired) electrons. The molecule has 0 fully saturated rings. The van der Waals surface area contributed by atoms with E-state index in [0.717, 1.165) is 22.5 Å². The van der Waals surface area contributed by atoms with Crippen molar-refractivity contribution in [2.24, 2.45) is 0 Å². The fourth-order valence-corrected chi connectivity index (χ4v) is 2.70. The number of nitrogens with zero attached hydrogens (tertiary/aromatic N) is 2. The fourth-order valence-electron chi connectivity index (χ4n) is 2.70. The van der Waals surface area contributed by atoms with E-state index in [1.165, 1.54) is 0 Å². The van der Waals surface area contributed by atoms with Crippen molar-refractivity contribution in [1.82, 2.24) is 4.98 Å². The molecular formula is C23H19N3O. The van der Waals surface area contributed by atoms with Gasteiger partial charge in [0.1, 0.15) is 0 Å². The van der Waals surface area contributed by atoms with Gasteiger partial charge in [-0.2, -0.15) is 5.26 Å². The molecule has 0 aliphatic carbocycles. The lowest BCUT2D eigenvalue weighted by Gasteiger charge is -2.07. The van der Waals surface area contributed by atoms with Crippen molar-refractivity contribution >= 4 is 23.7 Å². The van der Waals surface area contributed by atoms with Crippen molar-refractivity contribution < 1.29 is 4.79 Å². The highest BCUT2D eigenvalue weighted by Gasteiger charge is 2.06. The molecule has 27 heavy (non-hydrogen) atoms. The summed E-state index contributed by atoms with van der Waals surface area (Å²) in [6, 6.07) is 22.9. The maximum absolute atomic E-state index is 12.3. The van der Waals surface area contributed by atoms with E-state index in [1.807, 2.05) is 72.8 Å². The third-order valence-corrected chi connectivity index (χ3v) is 4.06. The van der Waals surface area contributed by atoms with Gasteiger partial charge in [0.05, 0.1) is 17.3 Å². The second-order valence-electron chi connectivity index (χ2n) is 6.03. The van der Waals surface area contributed by atoms with Crippen molar-refractivity contribution in [3.8, 4) is 6.07 Å². The van der Waals surface area contributed by atoms with Gasteiger partial charge in [-0.25, -0.2) is 0 Å². The average Bonchev–Trinajstić information content (AvgIpc) is 2.72. The molecule has 0 saturated carbocycles. The van der Waals surface area contributed by atoms with Crippen molar-refractivity contribution in [2.45, 2.75) is 12.8 Å². The number of aryl methyl sites for hydroxylation is 1. The molecule has 0 atom stereocenters. The molecule has 0 unspecified atom stereocenters. The number of nitriles is 1. The van der Waals surface area contributed by atoms with Gasteiger partial charge in [0, 0.05) is 18.3 Å². The summed E-state index contributed by atoms with van der Waals surface area (Å²) in [5.41, 5.74) is 4.11. The standard InChI is InChI=1S/C23H19N3O/c24-17-20-8-2-1-7-19(20)12-14-23(27)26-22-10-5-6-18(16-22)11-13-21-9-3-4-15-25-21/h1-11,13,15-16H,12,14H2,(H,26,27)/b13-11+. The summed E-state index contributed by atoms with van der Waals surface area (Å²) in [6.45, 7) is 0.